The van der Waals surface area contributed by atoms with Crippen LogP contribution < -0.4 is 5.73 Å². The van der Waals surface area contributed by atoms with Crippen molar-refractivity contribution in [2.24, 2.45) is 5.73 Å². The van der Waals surface area contributed by atoms with Crippen LogP contribution in [0.15, 0.2) is 29.2 Å². The quantitative estimate of drug-likeness (QED) is 0.577. The topological polar surface area (TPSA) is 125 Å². The maximum Gasteiger partial charge on any atom is 0.269 e. The van der Waals surface area contributed by atoms with Gasteiger partial charge in [0.05, 0.1) is 16.4 Å². The van der Waals surface area contributed by atoms with Gasteiger partial charge in [-0.2, -0.15) is 0 Å². The lowest BCUT2D eigenvalue weighted by Gasteiger charge is -2.28. The van der Waals surface area contributed by atoms with Crippen LogP contribution in [0, 0.1) is 10.1 Å². The molecular weight excluding hydrogens is 326 g/mol. The van der Waals surface area contributed by atoms with Crippen molar-refractivity contribution in [1.82, 2.24) is 4.47 Å². The Morgan fingerprint density at radius 1 is 1.35 bits per heavy atom. The van der Waals surface area contributed by atoms with Crippen molar-refractivity contribution in [2.45, 2.75) is 30.4 Å². The van der Waals surface area contributed by atoms with Crippen molar-refractivity contribution in [3.8, 4) is 0 Å². The second-order valence-corrected chi connectivity index (χ2v) is 6.80. The molecule has 1 unspecified atom stereocenters. The van der Waals surface area contributed by atoms with E-state index in [0.717, 1.165) is 29.4 Å². The molecule has 0 amide bonds. The lowest BCUT2D eigenvalue weighted by molar-refractivity contribution is -0.384. The molecule has 0 saturated carbocycles. The van der Waals surface area contributed by atoms with Crippen LogP contribution in [0.25, 0.3) is 0 Å². The van der Waals surface area contributed by atoms with Gasteiger partial charge in [0.1, 0.15) is 0 Å². The van der Waals surface area contributed by atoms with Gasteiger partial charge in [0.25, 0.3) is 15.7 Å². The molecule has 1 aliphatic heterocycles. The number of hydroxylamine groups is 1. The highest BCUT2D eigenvalue weighted by Gasteiger charge is 2.29. The van der Waals surface area contributed by atoms with Gasteiger partial charge in [0, 0.05) is 31.7 Å². The standard InChI is InChI=1S/C13H19N3O6S/c14-8-9-15(22-13-3-1-2-10-21-13)23(19,20)12-6-4-11(5-7-12)16(17)18/h4-7,13H,1-3,8-10,14H2. The molecule has 0 spiro atoms. The van der Waals surface area contributed by atoms with Gasteiger partial charge in [-0.05, 0) is 25.0 Å². The summed E-state index contributed by atoms with van der Waals surface area (Å²) in [4.78, 5) is 15.4. The van der Waals surface area contributed by atoms with Gasteiger partial charge >= 0.3 is 0 Å². The van der Waals surface area contributed by atoms with Gasteiger partial charge in [-0.3, -0.25) is 15.0 Å². The number of non-ortho nitro benzene ring substituents is 1. The van der Waals surface area contributed by atoms with E-state index in [2.05, 4.69) is 0 Å². The van der Waals surface area contributed by atoms with Crippen molar-refractivity contribution in [3.05, 3.63) is 34.4 Å². The van der Waals surface area contributed by atoms with E-state index < -0.39 is 21.2 Å². The smallest absolute Gasteiger partial charge is 0.269 e. The summed E-state index contributed by atoms with van der Waals surface area (Å²) in [5, 5.41) is 10.6. The summed E-state index contributed by atoms with van der Waals surface area (Å²) >= 11 is 0. The van der Waals surface area contributed by atoms with Crippen LogP contribution >= 0.6 is 0 Å². The first kappa shape index (κ1) is 17.8. The van der Waals surface area contributed by atoms with Crippen molar-refractivity contribution in [1.29, 1.82) is 0 Å². The van der Waals surface area contributed by atoms with Crippen molar-refractivity contribution in [2.75, 3.05) is 19.7 Å². The molecule has 1 aliphatic rings. The zero-order chi connectivity index (χ0) is 16.9. The Kier molecular flexibility index (Phi) is 6.02. The molecule has 23 heavy (non-hydrogen) atoms. The third kappa shape index (κ3) is 4.45. The van der Waals surface area contributed by atoms with Gasteiger partial charge in [-0.15, -0.1) is 0 Å². The van der Waals surface area contributed by atoms with Crippen LogP contribution in [0.3, 0.4) is 0 Å². The fraction of sp³-hybridized carbons (Fsp3) is 0.538. The minimum absolute atomic E-state index is 0.0425. The van der Waals surface area contributed by atoms with Crippen molar-refractivity contribution >= 4 is 15.7 Å². The Morgan fingerprint density at radius 3 is 2.57 bits per heavy atom. The Balaban J connectivity index is 2.19. The molecule has 9 nitrogen and oxygen atoms in total. The predicted octanol–water partition coefficient (Wildman–Crippen LogP) is 1.00. The van der Waals surface area contributed by atoms with Crippen LogP contribution in [-0.2, 0) is 19.6 Å². The van der Waals surface area contributed by atoms with E-state index in [1.165, 1.54) is 12.1 Å². The predicted molar refractivity (Wildman–Crippen MR) is 80.7 cm³/mol. The lowest BCUT2D eigenvalue weighted by atomic mass is 10.2. The van der Waals surface area contributed by atoms with E-state index in [-0.39, 0.29) is 23.7 Å². The third-order valence-electron chi connectivity index (χ3n) is 3.30. The minimum Gasteiger partial charge on any atom is -0.351 e. The van der Waals surface area contributed by atoms with Crippen LogP contribution in [0.5, 0.6) is 0 Å². The molecule has 1 saturated heterocycles. The molecule has 0 aromatic heterocycles. The molecule has 1 fully saturated rings. The maximum absolute atomic E-state index is 12.6. The highest BCUT2D eigenvalue weighted by molar-refractivity contribution is 7.89. The molecule has 1 aromatic rings. The van der Waals surface area contributed by atoms with Gasteiger partial charge in [-0.1, -0.05) is 4.47 Å². The molecule has 0 aliphatic carbocycles. The summed E-state index contributed by atoms with van der Waals surface area (Å²) in [6.45, 7) is 0.539. The normalized spacial score (nSPS) is 19.0. The van der Waals surface area contributed by atoms with E-state index in [1.54, 1.807) is 0 Å². The Morgan fingerprint density at radius 2 is 2.04 bits per heavy atom. The summed E-state index contributed by atoms with van der Waals surface area (Å²) in [5.41, 5.74) is 5.27. The molecule has 10 heteroatoms. The highest BCUT2D eigenvalue weighted by atomic mass is 32.2. The van der Waals surface area contributed by atoms with Crippen molar-refractivity contribution in [3.63, 3.8) is 0 Å². The maximum atomic E-state index is 12.6. The van der Waals surface area contributed by atoms with Gasteiger partial charge in [0.15, 0.2) is 6.29 Å². The van der Waals surface area contributed by atoms with Crippen LogP contribution in [0.2, 0.25) is 0 Å². The molecule has 1 heterocycles. The van der Waals surface area contributed by atoms with Gasteiger partial charge in [0.2, 0.25) is 0 Å². The van der Waals surface area contributed by atoms with E-state index in [1.807, 2.05) is 0 Å². The number of benzene rings is 1. The number of sulfonamides is 1. The molecule has 2 rings (SSSR count). The van der Waals surface area contributed by atoms with Crippen LogP contribution in [0.4, 0.5) is 5.69 Å². The molecular formula is C13H19N3O6S. The lowest BCUT2D eigenvalue weighted by Crippen LogP contribution is -2.40. The van der Waals surface area contributed by atoms with E-state index in [4.69, 9.17) is 15.3 Å². The summed E-state index contributed by atoms with van der Waals surface area (Å²) in [6, 6.07) is 4.60. The van der Waals surface area contributed by atoms with Gasteiger partial charge < -0.3 is 10.5 Å². The number of rotatable bonds is 7. The van der Waals surface area contributed by atoms with Crippen LogP contribution in [0.1, 0.15) is 19.3 Å². The number of nitrogens with two attached hydrogens (primary N) is 1. The Bertz CT molecular complexity index is 628. The average molecular weight is 345 g/mol. The Hall–Kier alpha value is -1.59. The summed E-state index contributed by atoms with van der Waals surface area (Å²) in [6.07, 6.45) is 1.75. The minimum atomic E-state index is -3.98. The molecule has 1 atom stereocenters. The SMILES string of the molecule is NCCN(OC1CCCCO1)S(=O)(=O)c1ccc([N+](=O)[O-])cc1. The number of nitrogens with zero attached hydrogens (tertiary/aromatic N) is 2. The fourth-order valence-corrected chi connectivity index (χ4v) is 3.39. The molecule has 2 N–H and O–H groups in total. The number of nitro groups is 1. The van der Waals surface area contributed by atoms with E-state index >= 15 is 0 Å². The highest BCUT2D eigenvalue weighted by Crippen LogP contribution is 2.22. The summed E-state index contributed by atoms with van der Waals surface area (Å²) in [7, 11) is -3.98. The molecule has 128 valence electrons. The largest absolute Gasteiger partial charge is 0.351 e. The first-order valence-electron chi connectivity index (χ1n) is 7.21. The summed E-state index contributed by atoms with van der Waals surface area (Å²) in [5.74, 6) is 0. The Labute approximate surface area is 134 Å². The number of hydrogen-bond acceptors (Lipinski definition) is 7. The molecule has 1 aromatic carbocycles. The molecule has 0 radical (unpaired) electrons. The number of nitro benzene ring substituents is 1. The second kappa shape index (κ2) is 7.79. The number of hydrogen-bond donors (Lipinski definition) is 1. The fourth-order valence-electron chi connectivity index (χ4n) is 2.12. The average Bonchev–Trinajstić information content (AvgIpc) is 2.55. The van der Waals surface area contributed by atoms with E-state index in [9.17, 15) is 18.5 Å². The van der Waals surface area contributed by atoms with Gasteiger partial charge in [-0.25, -0.2) is 8.42 Å². The van der Waals surface area contributed by atoms with E-state index in [0.29, 0.717) is 13.0 Å². The van der Waals surface area contributed by atoms with Crippen LogP contribution in [-0.4, -0.2) is 43.8 Å². The zero-order valence-electron chi connectivity index (χ0n) is 12.5. The first-order valence-corrected chi connectivity index (χ1v) is 8.65. The second-order valence-electron chi connectivity index (χ2n) is 4.97. The molecule has 0 bridgehead atoms. The zero-order valence-corrected chi connectivity index (χ0v) is 13.3. The first-order chi connectivity index (χ1) is 10.9. The number of ether oxygens (including phenoxy) is 1. The summed E-state index contributed by atoms with van der Waals surface area (Å²) < 4.78 is 31.4. The van der Waals surface area contributed by atoms with Crippen molar-refractivity contribution < 1.29 is 22.9 Å². The monoisotopic (exact) mass is 345 g/mol. The third-order valence-corrected chi connectivity index (χ3v) is 4.97.